The highest BCUT2D eigenvalue weighted by atomic mass is 15.0. The van der Waals surface area contributed by atoms with E-state index in [0.29, 0.717) is 5.56 Å². The summed E-state index contributed by atoms with van der Waals surface area (Å²) in [5.41, 5.74) is 12.4. The van der Waals surface area contributed by atoms with Crippen LogP contribution in [0.5, 0.6) is 0 Å². The number of para-hydroxylation sites is 3. The highest BCUT2D eigenvalue weighted by Gasteiger charge is 2.44. The summed E-state index contributed by atoms with van der Waals surface area (Å²) in [5, 5.41) is 24.9. The van der Waals surface area contributed by atoms with E-state index >= 15 is 0 Å². The third-order valence-electron chi connectivity index (χ3n) is 11.8. The van der Waals surface area contributed by atoms with Crippen molar-refractivity contribution in [3.05, 3.63) is 139 Å². The minimum Gasteiger partial charge on any atom is -0.375 e. The molecule has 13 rings (SSSR count). The van der Waals surface area contributed by atoms with Gasteiger partial charge >= 0.3 is 6.85 Å². The summed E-state index contributed by atoms with van der Waals surface area (Å²) in [6.45, 7) is -0.0279. The molecule has 0 aliphatic carbocycles. The van der Waals surface area contributed by atoms with Crippen LogP contribution in [0.3, 0.4) is 0 Å². The first-order valence-corrected chi connectivity index (χ1v) is 17.0. The lowest BCUT2D eigenvalue weighted by Gasteiger charge is -2.36. The van der Waals surface area contributed by atoms with Crippen LogP contribution < -0.4 is 10.9 Å². The molecule has 0 spiro atoms. The molecule has 2 aliphatic rings. The van der Waals surface area contributed by atoms with Crippen molar-refractivity contribution in [1.29, 1.82) is 5.26 Å². The molecule has 4 heterocycles. The zero-order valence-electron chi connectivity index (χ0n) is 26.1. The Labute approximate surface area is 279 Å². The van der Waals surface area contributed by atoms with E-state index in [9.17, 15) is 5.26 Å². The molecule has 0 saturated heterocycles. The molecule has 3 nitrogen and oxygen atoms in total. The lowest BCUT2D eigenvalue weighted by atomic mass is 9.44. The van der Waals surface area contributed by atoms with E-state index in [-0.39, 0.29) is 6.85 Å². The molecular weight excluding hydrogens is 593 g/mol. The number of nitriles is 1. The Morgan fingerprint density at radius 3 is 2.00 bits per heavy atom. The third kappa shape index (κ3) is 2.63. The van der Waals surface area contributed by atoms with Crippen LogP contribution in [-0.4, -0.2) is 15.9 Å². The summed E-state index contributed by atoms with van der Waals surface area (Å²) in [6.07, 6.45) is 0. The number of aromatic nitrogens is 2. The second-order valence-electron chi connectivity index (χ2n) is 13.9. The Morgan fingerprint density at radius 2 is 1.18 bits per heavy atom. The lowest BCUT2D eigenvalue weighted by molar-refractivity contribution is 1.19. The van der Waals surface area contributed by atoms with E-state index in [1.807, 2.05) is 0 Å². The first kappa shape index (κ1) is 24.6. The van der Waals surface area contributed by atoms with E-state index < -0.39 is 0 Å². The quantitative estimate of drug-likeness (QED) is 0.124. The summed E-state index contributed by atoms with van der Waals surface area (Å²) in [7, 11) is 0. The Balaban J connectivity index is 1.40. The Bertz CT molecular complexity index is 3390. The van der Waals surface area contributed by atoms with Crippen LogP contribution in [0.2, 0.25) is 0 Å². The van der Waals surface area contributed by atoms with Crippen molar-refractivity contribution in [2.75, 3.05) is 0 Å². The molecule has 4 heteroatoms. The van der Waals surface area contributed by atoms with Crippen LogP contribution >= 0.6 is 0 Å². The average Bonchev–Trinajstić information content (AvgIpc) is 3.67. The van der Waals surface area contributed by atoms with Gasteiger partial charge in [0.15, 0.2) is 0 Å². The van der Waals surface area contributed by atoms with Crippen LogP contribution in [0.4, 0.5) is 0 Å². The molecule has 11 aromatic rings. The molecule has 9 aromatic carbocycles. The standard InChI is InChI=1S/C45H22BN3/c47-23-24-20-26-16-18-32-39-34(19-17-27(21-24)38(26)39)44-42-40(32)33-13-7-12-31-29-10-4-6-15-37(29)49(43(31)33)46(42)41-28-9-2-1-8-25(28)22-35-30-11-3-5-14-36(30)48(44)45(35)41/h1-22H. The second kappa shape index (κ2) is 8.10. The zero-order valence-corrected chi connectivity index (χ0v) is 26.1. The van der Waals surface area contributed by atoms with Gasteiger partial charge in [-0.3, -0.25) is 0 Å². The molecule has 49 heavy (non-hydrogen) atoms. The SMILES string of the molecule is N#Cc1cc2ccc3c4c5c(c6ccc(c1)c2c36)-n1c2ccccc2c2cc3ccccc3c(c21)B5n1c2ccccc2c2cccc-4c21. The largest absolute Gasteiger partial charge is 0.375 e. The van der Waals surface area contributed by atoms with Crippen LogP contribution in [-0.2, 0) is 0 Å². The minimum absolute atomic E-state index is 0.0279. The Kier molecular flexibility index (Phi) is 4.07. The van der Waals surface area contributed by atoms with Crippen molar-refractivity contribution in [3.8, 4) is 22.9 Å². The van der Waals surface area contributed by atoms with Crippen molar-refractivity contribution < 1.29 is 0 Å². The minimum atomic E-state index is -0.0279. The van der Waals surface area contributed by atoms with E-state index in [1.165, 1.54) is 104 Å². The zero-order chi connectivity index (χ0) is 31.7. The van der Waals surface area contributed by atoms with Crippen molar-refractivity contribution in [2.45, 2.75) is 0 Å². The molecule has 0 saturated carbocycles. The van der Waals surface area contributed by atoms with Gasteiger partial charge in [-0.25, -0.2) is 0 Å². The lowest BCUT2D eigenvalue weighted by Crippen LogP contribution is -2.55. The maximum atomic E-state index is 9.91. The van der Waals surface area contributed by atoms with Gasteiger partial charge in [-0.1, -0.05) is 103 Å². The number of hydrogen-bond donors (Lipinski definition) is 0. The van der Waals surface area contributed by atoms with E-state index in [2.05, 4.69) is 149 Å². The number of rotatable bonds is 0. The number of benzene rings is 9. The molecule has 0 N–H and O–H groups in total. The van der Waals surface area contributed by atoms with Crippen molar-refractivity contribution in [1.82, 2.24) is 9.05 Å². The highest BCUT2D eigenvalue weighted by molar-refractivity contribution is 6.92. The number of hydrogen-bond acceptors (Lipinski definition) is 1. The molecule has 0 atom stereocenters. The molecule has 0 radical (unpaired) electrons. The monoisotopic (exact) mass is 615 g/mol. The van der Waals surface area contributed by atoms with Gasteiger partial charge in [-0.05, 0) is 79.1 Å². The fraction of sp³-hybridized carbons (Fsp3) is 0. The van der Waals surface area contributed by atoms with Crippen LogP contribution in [0.25, 0.3) is 104 Å². The highest BCUT2D eigenvalue weighted by Crippen LogP contribution is 2.49. The van der Waals surface area contributed by atoms with Crippen LogP contribution in [0.1, 0.15) is 5.56 Å². The van der Waals surface area contributed by atoms with Gasteiger partial charge in [0.25, 0.3) is 0 Å². The molecule has 0 unspecified atom stereocenters. The fourth-order valence-electron chi connectivity index (χ4n) is 10.1. The predicted octanol–water partition coefficient (Wildman–Crippen LogP) is 9.76. The topological polar surface area (TPSA) is 33.6 Å². The van der Waals surface area contributed by atoms with Gasteiger partial charge in [-0.2, -0.15) is 5.26 Å². The summed E-state index contributed by atoms with van der Waals surface area (Å²) in [6, 6.07) is 51.9. The molecule has 0 bridgehead atoms. The smallest absolute Gasteiger partial charge is 0.333 e. The van der Waals surface area contributed by atoms with Gasteiger partial charge in [0, 0.05) is 48.9 Å². The first-order valence-electron chi connectivity index (χ1n) is 17.0. The Morgan fingerprint density at radius 1 is 0.490 bits per heavy atom. The summed E-state index contributed by atoms with van der Waals surface area (Å²) >= 11 is 0. The maximum Gasteiger partial charge on any atom is 0.333 e. The van der Waals surface area contributed by atoms with Crippen molar-refractivity contribution in [2.24, 2.45) is 0 Å². The third-order valence-corrected chi connectivity index (χ3v) is 11.8. The summed E-state index contributed by atoms with van der Waals surface area (Å²) < 4.78 is 5.27. The van der Waals surface area contributed by atoms with Crippen molar-refractivity contribution in [3.63, 3.8) is 0 Å². The average molecular weight is 616 g/mol. The molecule has 2 aliphatic heterocycles. The van der Waals surface area contributed by atoms with Gasteiger partial charge in [-0.15, -0.1) is 0 Å². The van der Waals surface area contributed by atoms with Gasteiger partial charge in [0.2, 0.25) is 0 Å². The van der Waals surface area contributed by atoms with Gasteiger partial charge in [0.1, 0.15) is 0 Å². The van der Waals surface area contributed by atoms with E-state index in [0.717, 1.165) is 10.8 Å². The predicted molar refractivity (Wildman–Crippen MR) is 206 cm³/mol. The van der Waals surface area contributed by atoms with Gasteiger partial charge < -0.3 is 9.05 Å². The van der Waals surface area contributed by atoms with E-state index in [1.54, 1.807) is 0 Å². The van der Waals surface area contributed by atoms with Crippen molar-refractivity contribution >= 4 is 104 Å². The van der Waals surface area contributed by atoms with Crippen LogP contribution in [0.15, 0.2) is 133 Å². The molecule has 0 fully saturated rings. The van der Waals surface area contributed by atoms with Gasteiger partial charge in [0.05, 0.1) is 28.4 Å². The fourth-order valence-corrected chi connectivity index (χ4v) is 10.1. The van der Waals surface area contributed by atoms with Crippen LogP contribution in [0, 0.1) is 11.3 Å². The summed E-state index contributed by atoms with van der Waals surface area (Å²) in [4.78, 5) is 0. The summed E-state index contributed by atoms with van der Waals surface area (Å²) in [5.74, 6) is 0. The molecule has 0 amide bonds. The first-order chi connectivity index (χ1) is 24.3. The number of fused-ring (bicyclic) bond motifs is 14. The molecule has 2 aromatic heterocycles. The second-order valence-corrected chi connectivity index (χ2v) is 13.9. The molecular formula is C45H22BN3. The maximum absolute atomic E-state index is 9.91. The normalized spacial score (nSPS) is 13.2. The Hall–Kier alpha value is -6.57. The number of nitrogens with zero attached hydrogens (tertiary/aromatic N) is 3. The molecule has 220 valence electrons. The van der Waals surface area contributed by atoms with E-state index in [4.69, 9.17) is 0 Å².